The van der Waals surface area contributed by atoms with Gasteiger partial charge in [-0.15, -0.1) is 11.8 Å². The van der Waals surface area contributed by atoms with Crippen LogP contribution < -0.4 is 10.6 Å². The molecule has 0 fully saturated rings. The molecule has 29 heavy (non-hydrogen) atoms. The molecule has 8 nitrogen and oxygen atoms in total. The molecule has 1 aromatic carbocycles. The summed E-state index contributed by atoms with van der Waals surface area (Å²) in [6.45, 7) is 9.33. The minimum Gasteiger partial charge on any atom is -0.469 e. The van der Waals surface area contributed by atoms with Gasteiger partial charge in [-0.1, -0.05) is 13.8 Å². The Balaban J connectivity index is 3.32. The van der Waals surface area contributed by atoms with Crippen molar-refractivity contribution in [3.8, 4) is 0 Å². The monoisotopic (exact) mass is 426 g/mol. The summed E-state index contributed by atoms with van der Waals surface area (Å²) < 4.78 is 14.8. The molecular formula is C20H30N2O6S. The highest BCUT2D eigenvalue weighted by Crippen LogP contribution is 2.34. The summed E-state index contributed by atoms with van der Waals surface area (Å²) in [5, 5.41) is 5.60. The number of anilines is 1. The molecule has 0 aromatic heterocycles. The Morgan fingerprint density at radius 1 is 1.07 bits per heavy atom. The molecule has 0 saturated carbocycles. The first-order valence-electron chi connectivity index (χ1n) is 9.17. The van der Waals surface area contributed by atoms with Crippen molar-refractivity contribution in [2.24, 2.45) is 0 Å². The summed E-state index contributed by atoms with van der Waals surface area (Å²) >= 11 is 1.57. The molecule has 0 aliphatic heterocycles. The molecule has 0 aliphatic carbocycles. The molecule has 0 spiro atoms. The van der Waals surface area contributed by atoms with E-state index in [-0.39, 0.29) is 11.7 Å². The molecule has 0 saturated heterocycles. The van der Waals surface area contributed by atoms with Crippen LogP contribution in [0.1, 0.15) is 52.6 Å². The predicted octanol–water partition coefficient (Wildman–Crippen LogP) is 4.49. The van der Waals surface area contributed by atoms with Crippen LogP contribution in [-0.4, -0.2) is 43.2 Å². The summed E-state index contributed by atoms with van der Waals surface area (Å²) in [7, 11) is 2.55. The van der Waals surface area contributed by atoms with Crippen LogP contribution in [0.3, 0.4) is 0 Å². The number of rotatable bonds is 7. The number of benzene rings is 1. The molecule has 0 aliphatic rings. The van der Waals surface area contributed by atoms with E-state index >= 15 is 0 Å². The lowest BCUT2D eigenvalue weighted by Crippen LogP contribution is -2.36. The smallest absolute Gasteiger partial charge is 0.411 e. The van der Waals surface area contributed by atoms with Gasteiger partial charge in [-0.05, 0) is 44.5 Å². The number of nitrogens with one attached hydrogen (secondary N) is 2. The van der Waals surface area contributed by atoms with Crippen molar-refractivity contribution >= 4 is 35.6 Å². The van der Waals surface area contributed by atoms with Crippen molar-refractivity contribution in [3.05, 3.63) is 23.8 Å². The molecule has 2 N–H and O–H groups in total. The van der Waals surface area contributed by atoms with Gasteiger partial charge in [-0.25, -0.2) is 9.59 Å². The number of ether oxygens (including phenoxy) is 3. The van der Waals surface area contributed by atoms with Crippen molar-refractivity contribution in [3.63, 3.8) is 0 Å². The van der Waals surface area contributed by atoms with Crippen molar-refractivity contribution in [2.45, 2.75) is 62.8 Å². The Labute approximate surface area is 176 Å². The van der Waals surface area contributed by atoms with Gasteiger partial charge in [0.15, 0.2) is 0 Å². The van der Waals surface area contributed by atoms with Crippen molar-refractivity contribution < 1.29 is 28.6 Å². The lowest BCUT2D eigenvalue weighted by atomic mass is 10.0. The van der Waals surface area contributed by atoms with Crippen LogP contribution in [0.15, 0.2) is 23.1 Å². The molecular weight excluding hydrogens is 396 g/mol. The van der Waals surface area contributed by atoms with E-state index in [9.17, 15) is 14.4 Å². The number of esters is 1. The highest BCUT2D eigenvalue weighted by atomic mass is 32.2. The Kier molecular flexibility index (Phi) is 9.29. The highest BCUT2D eigenvalue weighted by molar-refractivity contribution is 8.00. The molecule has 0 radical (unpaired) electrons. The highest BCUT2D eigenvalue weighted by Gasteiger charge is 2.25. The molecule has 162 valence electrons. The average Bonchev–Trinajstić information content (AvgIpc) is 2.60. The van der Waals surface area contributed by atoms with E-state index in [1.165, 1.54) is 14.2 Å². The number of hydrogen-bond donors (Lipinski definition) is 2. The van der Waals surface area contributed by atoms with Crippen LogP contribution in [0.5, 0.6) is 0 Å². The van der Waals surface area contributed by atoms with Gasteiger partial charge in [-0.3, -0.25) is 10.1 Å². The molecule has 0 unspecified atom stereocenters. The van der Waals surface area contributed by atoms with Crippen LogP contribution in [-0.2, 0) is 19.0 Å². The minimum atomic E-state index is -0.710. The zero-order chi connectivity index (χ0) is 22.2. The van der Waals surface area contributed by atoms with E-state index in [0.717, 1.165) is 4.90 Å². The second kappa shape index (κ2) is 10.9. The molecule has 2 amide bonds. The number of methoxy groups -OCH3 is 2. The van der Waals surface area contributed by atoms with Crippen molar-refractivity contribution in [1.82, 2.24) is 5.32 Å². The standard InChI is InChI=1S/C20H30N2O6S/c1-12(2)29-16-9-8-13(21-18(24)27-7)10-14(16)15(11-17(23)26-6)22-19(25)28-20(3,4)5/h8-10,12,15H,11H2,1-7H3,(H,21,24)(H,22,25)/t15-/m1/s1. The fraction of sp³-hybridized carbons (Fsp3) is 0.550. The maximum Gasteiger partial charge on any atom is 0.411 e. The van der Waals surface area contributed by atoms with Gasteiger partial charge in [-0.2, -0.15) is 0 Å². The second-order valence-corrected chi connectivity index (χ2v) is 9.13. The first-order valence-corrected chi connectivity index (χ1v) is 10.0. The summed E-state index contributed by atoms with van der Waals surface area (Å²) in [4.78, 5) is 36.8. The van der Waals surface area contributed by atoms with Crippen LogP contribution in [0, 0.1) is 0 Å². The summed E-state index contributed by atoms with van der Waals surface area (Å²) in [5.74, 6) is -0.488. The number of carbonyl (C=O) groups is 3. The molecule has 1 atom stereocenters. The van der Waals surface area contributed by atoms with Gasteiger partial charge in [0.2, 0.25) is 0 Å². The van der Waals surface area contributed by atoms with Gasteiger partial charge in [0.1, 0.15) is 5.60 Å². The maximum atomic E-state index is 12.4. The molecule has 9 heteroatoms. The van der Waals surface area contributed by atoms with Crippen LogP contribution in [0.2, 0.25) is 0 Å². The molecule has 1 rings (SSSR count). The number of thioether (sulfide) groups is 1. The maximum absolute atomic E-state index is 12.4. The molecule has 0 bridgehead atoms. The van der Waals surface area contributed by atoms with Crippen LogP contribution in [0.25, 0.3) is 0 Å². The van der Waals surface area contributed by atoms with E-state index in [1.54, 1.807) is 44.7 Å². The third-order valence-corrected chi connectivity index (χ3v) is 4.57. The zero-order valence-corrected chi connectivity index (χ0v) is 18.8. The van der Waals surface area contributed by atoms with Gasteiger partial charge in [0, 0.05) is 15.8 Å². The predicted molar refractivity (Wildman–Crippen MR) is 112 cm³/mol. The normalized spacial score (nSPS) is 12.1. The number of alkyl carbamates (subject to hydrolysis) is 1. The van der Waals surface area contributed by atoms with Gasteiger partial charge in [0.05, 0.1) is 26.7 Å². The third-order valence-electron chi connectivity index (χ3n) is 3.47. The second-order valence-electron chi connectivity index (χ2n) is 7.51. The van der Waals surface area contributed by atoms with E-state index in [4.69, 9.17) is 9.47 Å². The largest absolute Gasteiger partial charge is 0.469 e. The Morgan fingerprint density at radius 3 is 2.24 bits per heavy atom. The summed E-state index contributed by atoms with van der Waals surface area (Å²) in [6, 6.07) is 4.55. The lowest BCUT2D eigenvalue weighted by Gasteiger charge is -2.25. The Hall–Kier alpha value is -2.42. The van der Waals surface area contributed by atoms with E-state index in [0.29, 0.717) is 11.3 Å². The van der Waals surface area contributed by atoms with Crippen molar-refractivity contribution in [1.29, 1.82) is 0 Å². The SMILES string of the molecule is COC(=O)C[C@@H](NC(=O)OC(C)(C)C)c1cc(NC(=O)OC)ccc1SC(C)C. The molecule has 0 heterocycles. The Morgan fingerprint density at radius 2 is 1.72 bits per heavy atom. The molecule has 1 aromatic rings. The minimum absolute atomic E-state index is 0.0942. The topological polar surface area (TPSA) is 103 Å². The third kappa shape index (κ3) is 9.08. The zero-order valence-electron chi connectivity index (χ0n) is 18.0. The lowest BCUT2D eigenvalue weighted by molar-refractivity contribution is -0.141. The van der Waals surface area contributed by atoms with Crippen molar-refractivity contribution in [2.75, 3.05) is 19.5 Å². The Bertz CT molecular complexity index is 730. The number of hydrogen-bond acceptors (Lipinski definition) is 7. The van der Waals surface area contributed by atoms with Gasteiger partial charge in [0.25, 0.3) is 0 Å². The fourth-order valence-electron chi connectivity index (χ4n) is 2.37. The van der Waals surface area contributed by atoms with E-state index in [2.05, 4.69) is 15.4 Å². The van der Waals surface area contributed by atoms with Crippen LogP contribution >= 0.6 is 11.8 Å². The first kappa shape index (κ1) is 24.6. The summed E-state index contributed by atoms with van der Waals surface area (Å²) in [6.07, 6.45) is -1.37. The fourth-order valence-corrected chi connectivity index (χ4v) is 3.36. The van der Waals surface area contributed by atoms with Crippen LogP contribution in [0.4, 0.5) is 15.3 Å². The average molecular weight is 427 g/mol. The number of amides is 2. The van der Waals surface area contributed by atoms with E-state index < -0.39 is 29.8 Å². The first-order chi connectivity index (χ1) is 13.4. The van der Waals surface area contributed by atoms with Gasteiger partial charge >= 0.3 is 18.2 Å². The van der Waals surface area contributed by atoms with Gasteiger partial charge < -0.3 is 19.5 Å². The van der Waals surface area contributed by atoms with E-state index in [1.807, 2.05) is 19.9 Å². The quantitative estimate of drug-likeness (QED) is 0.376. The summed E-state index contributed by atoms with van der Waals surface area (Å²) in [5.41, 5.74) is 0.443. The number of carbonyl (C=O) groups excluding carboxylic acids is 3.